The predicted molar refractivity (Wildman–Crippen MR) is 94.9 cm³/mol. The summed E-state index contributed by atoms with van der Waals surface area (Å²) in [7, 11) is 0. The lowest BCUT2D eigenvalue weighted by Crippen LogP contribution is -2.47. The van der Waals surface area contributed by atoms with Crippen LogP contribution in [0.4, 0.5) is 5.69 Å². The van der Waals surface area contributed by atoms with Crippen LogP contribution < -0.4 is 10.2 Å². The van der Waals surface area contributed by atoms with Crippen molar-refractivity contribution in [2.24, 2.45) is 5.92 Å². The van der Waals surface area contributed by atoms with Crippen molar-refractivity contribution in [1.82, 2.24) is 5.32 Å². The molecule has 1 aromatic rings. The monoisotopic (exact) mass is 332 g/mol. The number of amides is 2. The van der Waals surface area contributed by atoms with Crippen LogP contribution in [-0.4, -0.2) is 36.1 Å². The maximum Gasteiger partial charge on any atom is 0.227 e. The fraction of sp³-hybridized carbons (Fsp3) is 0.579. The number of nitrogens with zero attached hydrogens (tertiary/aromatic N) is 1. The summed E-state index contributed by atoms with van der Waals surface area (Å²) in [5, 5.41) is 11.9. The Morgan fingerprint density at radius 3 is 2.79 bits per heavy atom. The molecule has 24 heavy (non-hydrogen) atoms. The summed E-state index contributed by atoms with van der Waals surface area (Å²) in [5.74, 6) is -0.0988. The zero-order valence-corrected chi connectivity index (χ0v) is 14.8. The third-order valence-corrected chi connectivity index (χ3v) is 4.77. The lowest BCUT2D eigenvalue weighted by atomic mass is 9.95. The average Bonchev–Trinajstić information content (AvgIpc) is 2.56. The Morgan fingerprint density at radius 2 is 2.12 bits per heavy atom. The van der Waals surface area contributed by atoms with E-state index in [1.54, 1.807) is 4.90 Å². The summed E-state index contributed by atoms with van der Waals surface area (Å²) in [5.41, 5.74) is 3.20. The second-order valence-corrected chi connectivity index (χ2v) is 6.78. The van der Waals surface area contributed by atoms with E-state index in [4.69, 9.17) is 5.11 Å². The summed E-state index contributed by atoms with van der Waals surface area (Å²) < 4.78 is 0. The Bertz CT molecular complexity index is 600. The van der Waals surface area contributed by atoms with Crippen LogP contribution in [0.5, 0.6) is 0 Å². The van der Waals surface area contributed by atoms with Crippen molar-refractivity contribution in [3.63, 3.8) is 0 Å². The number of nitrogens with one attached hydrogen (secondary N) is 1. The van der Waals surface area contributed by atoms with Crippen LogP contribution in [0.1, 0.15) is 43.7 Å². The highest BCUT2D eigenvalue weighted by atomic mass is 16.3. The summed E-state index contributed by atoms with van der Waals surface area (Å²) in [6.07, 6.45) is 2.43. The van der Waals surface area contributed by atoms with Gasteiger partial charge in [-0.25, -0.2) is 0 Å². The highest BCUT2D eigenvalue weighted by Crippen LogP contribution is 2.26. The van der Waals surface area contributed by atoms with Crippen LogP contribution in [-0.2, 0) is 9.59 Å². The maximum absolute atomic E-state index is 12.5. The molecule has 0 bridgehead atoms. The number of aliphatic hydroxyl groups excluding tert-OH is 1. The summed E-state index contributed by atoms with van der Waals surface area (Å²) in [6.45, 7) is 6.59. The first-order chi connectivity index (χ1) is 11.4. The number of aliphatic hydroxyl groups is 1. The number of benzene rings is 1. The Morgan fingerprint density at radius 1 is 1.38 bits per heavy atom. The molecule has 0 aromatic heterocycles. The van der Waals surface area contributed by atoms with Gasteiger partial charge in [0.15, 0.2) is 0 Å². The predicted octanol–water partition coefficient (Wildman–Crippen LogP) is 2.32. The number of carbonyl (C=O) groups excluding carboxylic acids is 2. The average molecular weight is 332 g/mol. The van der Waals surface area contributed by atoms with Crippen LogP contribution in [0.15, 0.2) is 18.2 Å². The maximum atomic E-state index is 12.5. The van der Waals surface area contributed by atoms with Crippen molar-refractivity contribution in [1.29, 1.82) is 0 Å². The molecule has 1 aliphatic heterocycles. The van der Waals surface area contributed by atoms with Crippen molar-refractivity contribution in [3.8, 4) is 0 Å². The zero-order valence-electron chi connectivity index (χ0n) is 14.8. The molecule has 2 N–H and O–H groups in total. The lowest BCUT2D eigenvalue weighted by Gasteiger charge is -2.33. The minimum atomic E-state index is -0.180. The fourth-order valence-electron chi connectivity index (χ4n) is 3.03. The third kappa shape index (κ3) is 4.57. The summed E-state index contributed by atoms with van der Waals surface area (Å²) in [4.78, 5) is 26.5. The van der Waals surface area contributed by atoms with Crippen LogP contribution in [0, 0.1) is 19.8 Å². The molecular weight excluding hydrogens is 304 g/mol. The van der Waals surface area contributed by atoms with E-state index in [0.29, 0.717) is 25.8 Å². The van der Waals surface area contributed by atoms with Crippen LogP contribution >= 0.6 is 0 Å². The first kappa shape index (κ1) is 18.5. The lowest BCUT2D eigenvalue weighted by molar-refractivity contribution is -0.128. The van der Waals surface area contributed by atoms with E-state index < -0.39 is 0 Å². The van der Waals surface area contributed by atoms with Gasteiger partial charge in [0, 0.05) is 31.3 Å². The van der Waals surface area contributed by atoms with Crippen molar-refractivity contribution >= 4 is 17.5 Å². The Labute approximate surface area is 144 Å². The SMILES string of the molecule is Cc1ccc(N2CC(C(=O)NC(C)CCCO)CCC2=O)cc1C. The van der Waals surface area contributed by atoms with E-state index in [-0.39, 0.29) is 30.4 Å². The molecule has 1 aliphatic rings. The number of piperidine rings is 1. The Balaban J connectivity index is 2.03. The molecule has 5 heteroatoms. The molecule has 1 aromatic carbocycles. The van der Waals surface area contributed by atoms with Gasteiger partial charge in [-0.15, -0.1) is 0 Å². The zero-order chi connectivity index (χ0) is 17.7. The molecule has 0 radical (unpaired) electrons. The van der Waals surface area contributed by atoms with E-state index in [1.807, 2.05) is 39.0 Å². The summed E-state index contributed by atoms with van der Waals surface area (Å²) >= 11 is 0. The van der Waals surface area contributed by atoms with Crippen molar-refractivity contribution in [3.05, 3.63) is 29.3 Å². The number of aryl methyl sites for hydroxylation is 2. The normalized spacial score (nSPS) is 19.2. The molecule has 0 saturated carbocycles. The number of hydrogen-bond acceptors (Lipinski definition) is 3. The minimum absolute atomic E-state index is 0.00164. The van der Waals surface area contributed by atoms with Crippen molar-refractivity contribution < 1.29 is 14.7 Å². The molecule has 1 fully saturated rings. The van der Waals surface area contributed by atoms with Gasteiger partial charge in [-0.1, -0.05) is 6.07 Å². The minimum Gasteiger partial charge on any atom is -0.396 e. The van der Waals surface area contributed by atoms with Gasteiger partial charge in [-0.2, -0.15) is 0 Å². The van der Waals surface area contributed by atoms with Gasteiger partial charge in [-0.05, 0) is 63.3 Å². The van der Waals surface area contributed by atoms with E-state index in [9.17, 15) is 9.59 Å². The molecular formula is C19H28N2O3. The Hall–Kier alpha value is -1.88. The fourth-order valence-corrected chi connectivity index (χ4v) is 3.03. The van der Waals surface area contributed by atoms with Gasteiger partial charge in [0.2, 0.25) is 11.8 Å². The van der Waals surface area contributed by atoms with E-state index in [0.717, 1.165) is 17.7 Å². The quantitative estimate of drug-likeness (QED) is 0.840. The van der Waals surface area contributed by atoms with Crippen LogP contribution in [0.3, 0.4) is 0 Å². The van der Waals surface area contributed by atoms with Gasteiger partial charge in [0.25, 0.3) is 0 Å². The topological polar surface area (TPSA) is 69.6 Å². The molecule has 2 unspecified atom stereocenters. The van der Waals surface area contributed by atoms with Crippen molar-refractivity contribution in [2.75, 3.05) is 18.1 Å². The first-order valence-electron chi connectivity index (χ1n) is 8.71. The van der Waals surface area contributed by atoms with Gasteiger partial charge < -0.3 is 15.3 Å². The molecule has 2 amide bonds. The second kappa shape index (κ2) is 8.29. The number of rotatable bonds is 6. The highest BCUT2D eigenvalue weighted by molar-refractivity contribution is 5.96. The third-order valence-electron chi connectivity index (χ3n) is 4.77. The molecule has 0 aliphatic carbocycles. The molecule has 0 spiro atoms. The number of carbonyl (C=O) groups is 2. The van der Waals surface area contributed by atoms with Gasteiger partial charge in [0.1, 0.15) is 0 Å². The van der Waals surface area contributed by atoms with Crippen LogP contribution in [0.25, 0.3) is 0 Å². The summed E-state index contributed by atoms with van der Waals surface area (Å²) in [6, 6.07) is 6.01. The van der Waals surface area contributed by atoms with Gasteiger partial charge in [-0.3, -0.25) is 9.59 Å². The largest absolute Gasteiger partial charge is 0.396 e. The standard InChI is InChI=1S/C19H28N2O3/c1-13-6-8-17(11-14(13)2)21-12-16(7-9-18(21)23)19(24)20-15(3)5-4-10-22/h6,8,11,15-16,22H,4-5,7,9-10,12H2,1-3H3,(H,20,24). The number of hydrogen-bond donors (Lipinski definition) is 2. The van der Waals surface area contributed by atoms with E-state index >= 15 is 0 Å². The van der Waals surface area contributed by atoms with Gasteiger partial charge >= 0.3 is 0 Å². The smallest absolute Gasteiger partial charge is 0.227 e. The van der Waals surface area contributed by atoms with Crippen molar-refractivity contribution in [2.45, 2.75) is 52.5 Å². The molecule has 132 valence electrons. The molecule has 2 rings (SSSR count). The second-order valence-electron chi connectivity index (χ2n) is 6.78. The molecule has 2 atom stereocenters. The molecule has 1 heterocycles. The molecule has 1 saturated heterocycles. The van der Waals surface area contributed by atoms with E-state index in [2.05, 4.69) is 5.32 Å². The number of anilines is 1. The van der Waals surface area contributed by atoms with Crippen LogP contribution in [0.2, 0.25) is 0 Å². The first-order valence-corrected chi connectivity index (χ1v) is 8.71. The molecule has 5 nitrogen and oxygen atoms in total. The highest BCUT2D eigenvalue weighted by Gasteiger charge is 2.31. The van der Waals surface area contributed by atoms with Gasteiger partial charge in [0.05, 0.1) is 5.92 Å². The Kier molecular flexibility index (Phi) is 6.37. The van der Waals surface area contributed by atoms with E-state index in [1.165, 1.54) is 5.56 Å².